The Balaban J connectivity index is 1.24. The maximum Gasteiger partial charge on any atom is 0.319 e. The van der Waals surface area contributed by atoms with E-state index in [9.17, 15) is 9.90 Å². The monoisotopic (exact) mass is 382 g/mol. The van der Waals surface area contributed by atoms with Gasteiger partial charge in [0.25, 0.3) is 0 Å². The number of nitrogens with one attached hydrogen (secondary N) is 2. The molecular formula is C20H22N4O2S. The summed E-state index contributed by atoms with van der Waals surface area (Å²) in [5.74, 6) is 0. The Morgan fingerprint density at radius 2 is 2.11 bits per heavy atom. The lowest BCUT2D eigenvalue weighted by Gasteiger charge is -2.30. The van der Waals surface area contributed by atoms with Crippen molar-refractivity contribution in [3.8, 4) is 0 Å². The molecule has 1 aromatic heterocycles. The van der Waals surface area contributed by atoms with Crippen molar-refractivity contribution in [2.24, 2.45) is 0 Å². The van der Waals surface area contributed by atoms with Gasteiger partial charge in [-0.1, -0.05) is 24.3 Å². The van der Waals surface area contributed by atoms with Gasteiger partial charge < -0.3 is 15.7 Å². The van der Waals surface area contributed by atoms with Crippen molar-refractivity contribution in [2.75, 3.05) is 25.0 Å². The van der Waals surface area contributed by atoms with E-state index in [4.69, 9.17) is 0 Å². The van der Waals surface area contributed by atoms with Gasteiger partial charge in [-0.15, -0.1) is 0 Å². The summed E-state index contributed by atoms with van der Waals surface area (Å²) in [5, 5.41) is 18.8. The molecule has 2 aromatic carbocycles. The number of amides is 2. The summed E-state index contributed by atoms with van der Waals surface area (Å²) in [6, 6.07) is 13.7. The normalized spacial score (nSPS) is 15.3. The third-order valence-corrected chi connectivity index (χ3v) is 5.45. The van der Waals surface area contributed by atoms with Crippen LogP contribution in [0.25, 0.3) is 10.9 Å². The molecule has 0 saturated heterocycles. The molecule has 0 radical (unpaired) electrons. The first-order chi connectivity index (χ1) is 13.2. The Kier molecular flexibility index (Phi) is 5.33. The largest absolute Gasteiger partial charge is 0.390 e. The standard InChI is InChI=1S/C20H22N4O2S/c25-18(12-24-8-7-14-3-1-2-4-15(14)11-24)10-21-20(26)22-17-5-6-19-16(9-17)13-27-23-19/h1-6,9,13,18,25H,7-8,10-12H2,(H2,21,22,26). The lowest BCUT2D eigenvalue weighted by Crippen LogP contribution is -2.42. The first-order valence-corrected chi connectivity index (χ1v) is 9.87. The van der Waals surface area contributed by atoms with Gasteiger partial charge in [0, 0.05) is 42.6 Å². The number of carbonyl (C=O) groups excluding carboxylic acids is 1. The van der Waals surface area contributed by atoms with E-state index >= 15 is 0 Å². The zero-order valence-corrected chi connectivity index (χ0v) is 15.7. The van der Waals surface area contributed by atoms with E-state index in [-0.39, 0.29) is 12.6 Å². The molecule has 3 aromatic rings. The van der Waals surface area contributed by atoms with Gasteiger partial charge in [0.15, 0.2) is 0 Å². The van der Waals surface area contributed by atoms with Gasteiger partial charge in [-0.25, -0.2) is 4.79 Å². The molecular weight excluding hydrogens is 360 g/mol. The Bertz CT molecular complexity index is 942. The SMILES string of the molecule is O=C(NCC(O)CN1CCc2ccccc2C1)Nc1ccc2nscc2c1. The first kappa shape index (κ1) is 17.9. The van der Waals surface area contributed by atoms with Crippen LogP contribution in [0, 0.1) is 0 Å². The summed E-state index contributed by atoms with van der Waals surface area (Å²) in [4.78, 5) is 14.3. The lowest BCUT2D eigenvalue weighted by atomic mass is 10.00. The number of hydrogen-bond donors (Lipinski definition) is 3. The van der Waals surface area contributed by atoms with E-state index in [0.717, 1.165) is 30.4 Å². The maximum absolute atomic E-state index is 12.1. The number of benzene rings is 2. The van der Waals surface area contributed by atoms with Crippen LogP contribution in [0.2, 0.25) is 0 Å². The highest BCUT2D eigenvalue weighted by atomic mass is 32.1. The minimum Gasteiger partial charge on any atom is -0.390 e. The predicted molar refractivity (Wildman–Crippen MR) is 108 cm³/mol. The van der Waals surface area contributed by atoms with Crippen molar-refractivity contribution in [1.29, 1.82) is 0 Å². The number of β-amino-alcohol motifs (C(OH)–C–C–N with tert-alkyl or cyclic N) is 1. The Labute approximate surface area is 162 Å². The third kappa shape index (κ3) is 4.44. The van der Waals surface area contributed by atoms with E-state index in [0.29, 0.717) is 12.2 Å². The molecule has 140 valence electrons. The molecule has 2 heterocycles. The van der Waals surface area contributed by atoms with E-state index in [1.54, 1.807) is 0 Å². The second-order valence-electron chi connectivity index (χ2n) is 6.83. The molecule has 3 N–H and O–H groups in total. The van der Waals surface area contributed by atoms with Crippen LogP contribution in [0.4, 0.5) is 10.5 Å². The van der Waals surface area contributed by atoms with Crippen LogP contribution in [-0.2, 0) is 13.0 Å². The smallest absolute Gasteiger partial charge is 0.319 e. The fourth-order valence-corrected chi connectivity index (χ4v) is 4.04. The topological polar surface area (TPSA) is 77.5 Å². The summed E-state index contributed by atoms with van der Waals surface area (Å²) >= 11 is 1.39. The Morgan fingerprint density at radius 3 is 3.00 bits per heavy atom. The van der Waals surface area contributed by atoms with Gasteiger partial charge >= 0.3 is 6.03 Å². The average molecular weight is 382 g/mol. The molecule has 2 amide bonds. The summed E-state index contributed by atoms with van der Waals surface area (Å²) in [6.07, 6.45) is 0.390. The fraction of sp³-hybridized carbons (Fsp3) is 0.300. The predicted octanol–water partition coefficient (Wildman–Crippen LogP) is 2.84. The number of hydrogen-bond acceptors (Lipinski definition) is 5. The highest BCUT2D eigenvalue weighted by Crippen LogP contribution is 2.20. The Hall–Kier alpha value is -2.48. The number of aliphatic hydroxyl groups is 1. The quantitative estimate of drug-likeness (QED) is 0.634. The Morgan fingerprint density at radius 1 is 1.26 bits per heavy atom. The summed E-state index contributed by atoms with van der Waals surface area (Å²) in [7, 11) is 0. The third-order valence-electron chi connectivity index (χ3n) is 4.79. The van der Waals surface area contributed by atoms with Crippen molar-refractivity contribution in [1.82, 2.24) is 14.6 Å². The van der Waals surface area contributed by atoms with Crippen molar-refractivity contribution in [3.63, 3.8) is 0 Å². The van der Waals surface area contributed by atoms with E-state index in [1.165, 1.54) is 22.7 Å². The van der Waals surface area contributed by atoms with E-state index < -0.39 is 6.10 Å². The highest BCUT2D eigenvalue weighted by Gasteiger charge is 2.18. The second-order valence-corrected chi connectivity index (χ2v) is 7.46. The van der Waals surface area contributed by atoms with Crippen molar-refractivity contribution in [3.05, 3.63) is 59.0 Å². The molecule has 4 rings (SSSR count). The summed E-state index contributed by atoms with van der Waals surface area (Å²) in [6.45, 7) is 2.52. The molecule has 1 unspecified atom stereocenters. The number of aliphatic hydroxyl groups excluding tert-OH is 1. The molecule has 27 heavy (non-hydrogen) atoms. The molecule has 0 spiro atoms. The van der Waals surface area contributed by atoms with Gasteiger partial charge in [0.05, 0.1) is 11.6 Å². The fourth-order valence-electron chi connectivity index (χ4n) is 3.41. The number of rotatable bonds is 5. The molecule has 1 aliphatic heterocycles. The molecule has 7 heteroatoms. The van der Waals surface area contributed by atoms with Gasteiger partial charge in [0.2, 0.25) is 0 Å². The molecule has 6 nitrogen and oxygen atoms in total. The minimum atomic E-state index is -0.607. The van der Waals surface area contributed by atoms with Crippen molar-refractivity contribution in [2.45, 2.75) is 19.1 Å². The molecule has 1 aliphatic rings. The lowest BCUT2D eigenvalue weighted by molar-refractivity contribution is 0.106. The van der Waals surface area contributed by atoms with Crippen molar-refractivity contribution >= 4 is 34.2 Å². The second kappa shape index (κ2) is 8.04. The highest BCUT2D eigenvalue weighted by molar-refractivity contribution is 7.04. The number of nitrogens with zero attached hydrogens (tertiary/aromatic N) is 2. The van der Waals surface area contributed by atoms with Crippen LogP contribution in [0.5, 0.6) is 0 Å². The van der Waals surface area contributed by atoms with Gasteiger partial charge in [-0.05, 0) is 47.3 Å². The molecule has 0 bridgehead atoms. The van der Waals surface area contributed by atoms with Crippen LogP contribution >= 0.6 is 11.5 Å². The number of aromatic nitrogens is 1. The van der Waals surface area contributed by atoms with Crippen LogP contribution in [-0.4, -0.2) is 46.1 Å². The van der Waals surface area contributed by atoms with Gasteiger partial charge in [-0.2, -0.15) is 4.37 Å². The van der Waals surface area contributed by atoms with Crippen LogP contribution < -0.4 is 10.6 Å². The number of fused-ring (bicyclic) bond motifs is 2. The number of urea groups is 1. The van der Waals surface area contributed by atoms with Gasteiger partial charge in [0.1, 0.15) is 0 Å². The zero-order chi connectivity index (χ0) is 18.6. The zero-order valence-electron chi connectivity index (χ0n) is 14.9. The van der Waals surface area contributed by atoms with E-state index in [1.807, 2.05) is 29.6 Å². The van der Waals surface area contributed by atoms with Gasteiger partial charge in [-0.3, -0.25) is 4.90 Å². The molecule has 0 saturated carbocycles. The molecule has 0 aliphatic carbocycles. The van der Waals surface area contributed by atoms with Crippen LogP contribution in [0.3, 0.4) is 0 Å². The van der Waals surface area contributed by atoms with E-state index in [2.05, 4.69) is 38.1 Å². The average Bonchev–Trinajstić information content (AvgIpc) is 3.14. The molecule has 1 atom stereocenters. The minimum absolute atomic E-state index is 0.215. The number of carbonyl (C=O) groups is 1. The number of anilines is 1. The first-order valence-electron chi connectivity index (χ1n) is 9.03. The van der Waals surface area contributed by atoms with Crippen molar-refractivity contribution < 1.29 is 9.90 Å². The summed E-state index contributed by atoms with van der Waals surface area (Å²) < 4.78 is 4.24. The van der Waals surface area contributed by atoms with Crippen LogP contribution in [0.1, 0.15) is 11.1 Å². The summed E-state index contributed by atoms with van der Waals surface area (Å²) in [5.41, 5.74) is 4.34. The maximum atomic E-state index is 12.1. The van der Waals surface area contributed by atoms with Crippen LogP contribution in [0.15, 0.2) is 47.8 Å². The molecule has 0 fully saturated rings.